The molecule has 6 heteroatoms. The van der Waals surface area contributed by atoms with Crippen molar-refractivity contribution in [2.75, 3.05) is 0 Å². The third kappa shape index (κ3) is 3.33. The van der Waals surface area contributed by atoms with Crippen LogP contribution in [0.25, 0.3) is 5.65 Å². The second kappa shape index (κ2) is 6.25. The Morgan fingerprint density at radius 2 is 1.90 bits per heavy atom. The summed E-state index contributed by atoms with van der Waals surface area (Å²) in [5.74, 6) is 0. The molecule has 3 aromatic rings. The van der Waals surface area contributed by atoms with Gasteiger partial charge in [-0.3, -0.25) is 4.40 Å². The van der Waals surface area contributed by atoms with Crippen molar-refractivity contribution in [2.24, 2.45) is 0 Å². The van der Waals surface area contributed by atoms with Crippen molar-refractivity contribution in [3.05, 3.63) is 63.2 Å². The molecule has 0 amide bonds. The Hall–Kier alpha value is -1.24. The molecule has 0 saturated heterocycles. The number of fused-ring (bicyclic) bond motifs is 1. The molecule has 0 bridgehead atoms. The molecule has 0 aliphatic rings. The maximum Gasteiger partial charge on any atom is 0.155 e. The van der Waals surface area contributed by atoms with Gasteiger partial charge in [-0.25, -0.2) is 9.97 Å². The molecule has 0 radical (unpaired) electrons. The van der Waals surface area contributed by atoms with E-state index >= 15 is 0 Å². The van der Waals surface area contributed by atoms with E-state index in [2.05, 4.69) is 78.3 Å². The molecule has 1 N–H and O–H groups in total. The molecule has 3 rings (SSSR count). The number of nitrogens with zero attached hydrogens (tertiary/aromatic N) is 3. The average Bonchev–Trinajstić information content (AvgIpc) is 2.88. The summed E-state index contributed by atoms with van der Waals surface area (Å²) >= 11 is 6.85. The van der Waals surface area contributed by atoms with Crippen molar-refractivity contribution >= 4 is 37.5 Å². The smallest absolute Gasteiger partial charge is 0.155 e. The Morgan fingerprint density at radius 1 is 1.14 bits per heavy atom. The maximum atomic E-state index is 4.36. The largest absolute Gasteiger partial charge is 0.305 e. The van der Waals surface area contributed by atoms with Gasteiger partial charge in [0.2, 0.25) is 0 Å². The Balaban J connectivity index is 1.74. The van der Waals surface area contributed by atoms with Gasteiger partial charge >= 0.3 is 0 Å². The lowest BCUT2D eigenvalue weighted by atomic mass is 10.1. The van der Waals surface area contributed by atoms with Crippen LogP contribution >= 0.6 is 31.9 Å². The Kier molecular flexibility index (Phi) is 4.37. The third-order valence-electron chi connectivity index (χ3n) is 3.40. The predicted octanol–water partition coefficient (Wildman–Crippen LogP) is 4.11. The first-order valence-electron chi connectivity index (χ1n) is 6.60. The van der Waals surface area contributed by atoms with E-state index < -0.39 is 0 Å². The summed E-state index contributed by atoms with van der Waals surface area (Å²) in [5.41, 5.74) is 3.22. The number of benzene rings is 1. The molecule has 2 heterocycles. The van der Waals surface area contributed by atoms with Gasteiger partial charge in [0, 0.05) is 23.3 Å². The van der Waals surface area contributed by atoms with E-state index in [0.717, 1.165) is 27.0 Å². The monoisotopic (exact) mass is 408 g/mol. The normalized spacial score (nSPS) is 12.7. The van der Waals surface area contributed by atoms with Gasteiger partial charge in [-0.2, -0.15) is 0 Å². The Bertz CT molecular complexity index is 752. The van der Waals surface area contributed by atoms with Crippen LogP contribution in [0.3, 0.4) is 0 Å². The highest BCUT2D eigenvalue weighted by molar-refractivity contribution is 9.10. The summed E-state index contributed by atoms with van der Waals surface area (Å²) in [6.45, 7) is 2.90. The van der Waals surface area contributed by atoms with Crippen LogP contribution in [0.4, 0.5) is 0 Å². The average molecular weight is 410 g/mol. The van der Waals surface area contributed by atoms with Crippen LogP contribution in [0.5, 0.6) is 0 Å². The fourth-order valence-corrected chi connectivity index (χ4v) is 2.75. The topological polar surface area (TPSA) is 42.2 Å². The molecule has 0 fully saturated rings. The molecule has 0 spiro atoms. The number of imidazole rings is 1. The molecular weight excluding hydrogens is 396 g/mol. The molecule has 2 aromatic heterocycles. The highest BCUT2D eigenvalue weighted by Crippen LogP contribution is 2.17. The predicted molar refractivity (Wildman–Crippen MR) is 90.1 cm³/mol. The molecule has 21 heavy (non-hydrogen) atoms. The summed E-state index contributed by atoms with van der Waals surface area (Å²) in [7, 11) is 0. The van der Waals surface area contributed by atoms with Gasteiger partial charge in [-0.05, 0) is 40.5 Å². The van der Waals surface area contributed by atoms with Crippen LogP contribution in [-0.2, 0) is 6.54 Å². The molecule has 1 atom stereocenters. The number of hydrogen-bond donors (Lipinski definition) is 1. The maximum absolute atomic E-state index is 4.36. The van der Waals surface area contributed by atoms with Gasteiger partial charge in [0.1, 0.15) is 4.60 Å². The number of aromatic nitrogens is 3. The van der Waals surface area contributed by atoms with Gasteiger partial charge in [-0.15, -0.1) is 0 Å². The van der Waals surface area contributed by atoms with Crippen LogP contribution in [0.15, 0.2) is 51.9 Å². The first-order chi connectivity index (χ1) is 10.1. The first kappa shape index (κ1) is 14.7. The lowest BCUT2D eigenvalue weighted by molar-refractivity contribution is 0.565. The molecule has 1 aromatic carbocycles. The molecule has 0 aliphatic heterocycles. The number of halogens is 2. The zero-order valence-corrected chi connectivity index (χ0v) is 14.6. The van der Waals surface area contributed by atoms with E-state index in [4.69, 9.17) is 0 Å². The molecule has 4 nitrogen and oxygen atoms in total. The van der Waals surface area contributed by atoms with Crippen molar-refractivity contribution in [3.8, 4) is 0 Å². The summed E-state index contributed by atoms with van der Waals surface area (Å²) < 4.78 is 3.94. The highest BCUT2D eigenvalue weighted by Gasteiger charge is 2.08. The number of nitrogens with one attached hydrogen (secondary N) is 1. The second-order valence-corrected chi connectivity index (χ2v) is 6.57. The molecule has 108 valence electrons. The summed E-state index contributed by atoms with van der Waals surface area (Å²) in [4.78, 5) is 8.54. The van der Waals surface area contributed by atoms with E-state index in [1.165, 1.54) is 5.56 Å². The molecule has 0 aliphatic carbocycles. The SMILES string of the molecule is C[C@H](NCc1cnc2cnc(Br)cn12)c1ccc(Br)cc1. The van der Waals surface area contributed by atoms with Gasteiger partial charge < -0.3 is 5.32 Å². The van der Waals surface area contributed by atoms with Crippen LogP contribution in [0, 0.1) is 0 Å². The van der Waals surface area contributed by atoms with Crippen molar-refractivity contribution in [1.29, 1.82) is 0 Å². The minimum absolute atomic E-state index is 0.272. The highest BCUT2D eigenvalue weighted by atomic mass is 79.9. The molecule has 0 saturated carbocycles. The first-order valence-corrected chi connectivity index (χ1v) is 8.18. The van der Waals surface area contributed by atoms with E-state index in [-0.39, 0.29) is 6.04 Å². The number of rotatable bonds is 4. The Labute approximate surface area is 139 Å². The van der Waals surface area contributed by atoms with Crippen LogP contribution < -0.4 is 5.32 Å². The summed E-state index contributed by atoms with van der Waals surface area (Å²) in [5, 5.41) is 3.52. The van der Waals surface area contributed by atoms with Crippen LogP contribution in [0.1, 0.15) is 24.2 Å². The molecule has 0 unspecified atom stereocenters. The van der Waals surface area contributed by atoms with Crippen molar-refractivity contribution in [3.63, 3.8) is 0 Å². The second-order valence-electron chi connectivity index (χ2n) is 4.84. The van der Waals surface area contributed by atoms with E-state index in [0.29, 0.717) is 0 Å². The van der Waals surface area contributed by atoms with E-state index in [1.807, 2.05) is 16.8 Å². The molecular formula is C15H14Br2N4. The lowest BCUT2D eigenvalue weighted by Gasteiger charge is -2.14. The minimum Gasteiger partial charge on any atom is -0.305 e. The van der Waals surface area contributed by atoms with Crippen molar-refractivity contribution in [1.82, 2.24) is 19.7 Å². The van der Waals surface area contributed by atoms with Gasteiger partial charge in [0.05, 0.1) is 18.1 Å². The standard InChI is InChI=1S/C15H14Br2N4/c1-10(11-2-4-12(16)5-3-11)18-6-13-7-20-15-8-19-14(17)9-21(13)15/h2-5,7-10,18H,6H2,1H3/t10-/m0/s1. The zero-order chi connectivity index (χ0) is 14.8. The Morgan fingerprint density at radius 3 is 2.67 bits per heavy atom. The van der Waals surface area contributed by atoms with Crippen molar-refractivity contribution in [2.45, 2.75) is 19.5 Å². The fraction of sp³-hybridized carbons (Fsp3) is 0.200. The lowest BCUT2D eigenvalue weighted by Crippen LogP contribution is -2.19. The minimum atomic E-state index is 0.272. The zero-order valence-electron chi connectivity index (χ0n) is 11.4. The van der Waals surface area contributed by atoms with Gasteiger partial charge in [0.15, 0.2) is 5.65 Å². The van der Waals surface area contributed by atoms with Crippen LogP contribution in [0.2, 0.25) is 0 Å². The third-order valence-corrected chi connectivity index (χ3v) is 4.34. The van der Waals surface area contributed by atoms with E-state index in [1.54, 1.807) is 6.20 Å². The van der Waals surface area contributed by atoms with Gasteiger partial charge in [-0.1, -0.05) is 28.1 Å². The summed E-state index contributed by atoms with van der Waals surface area (Å²) in [6.07, 6.45) is 5.57. The summed E-state index contributed by atoms with van der Waals surface area (Å²) in [6, 6.07) is 8.64. The van der Waals surface area contributed by atoms with Crippen molar-refractivity contribution < 1.29 is 0 Å². The van der Waals surface area contributed by atoms with Crippen LogP contribution in [-0.4, -0.2) is 14.4 Å². The number of hydrogen-bond acceptors (Lipinski definition) is 3. The fourth-order valence-electron chi connectivity index (χ4n) is 2.17. The quantitative estimate of drug-likeness (QED) is 0.705. The van der Waals surface area contributed by atoms with Gasteiger partial charge in [0.25, 0.3) is 0 Å². The van der Waals surface area contributed by atoms with E-state index in [9.17, 15) is 0 Å².